The molecule has 0 bridgehead atoms. The van der Waals surface area contributed by atoms with Crippen molar-refractivity contribution in [3.8, 4) is 0 Å². The molecule has 4 nitrogen and oxygen atoms in total. The zero-order valence-electron chi connectivity index (χ0n) is 10.2. The summed E-state index contributed by atoms with van der Waals surface area (Å²) in [6.45, 7) is 4.33. The molecule has 2 atom stereocenters. The molecule has 1 aliphatic rings. The van der Waals surface area contributed by atoms with Gasteiger partial charge in [0.15, 0.2) is 9.84 Å². The first-order valence-electron chi connectivity index (χ1n) is 6.02. The molecular formula is C11H23NO3S. The number of hydrogen-bond acceptors (Lipinski definition) is 4. The molecular weight excluding hydrogens is 226 g/mol. The lowest BCUT2D eigenvalue weighted by atomic mass is 9.89. The van der Waals surface area contributed by atoms with E-state index in [2.05, 4.69) is 5.32 Å². The van der Waals surface area contributed by atoms with Crippen molar-refractivity contribution in [3.05, 3.63) is 0 Å². The van der Waals surface area contributed by atoms with Gasteiger partial charge in [-0.3, -0.25) is 0 Å². The molecule has 5 heteroatoms. The van der Waals surface area contributed by atoms with Crippen LogP contribution in [0.25, 0.3) is 0 Å². The minimum atomic E-state index is -2.76. The normalized spacial score (nSPS) is 25.8. The summed E-state index contributed by atoms with van der Waals surface area (Å²) >= 11 is 0. The molecule has 1 aliphatic heterocycles. The zero-order valence-corrected chi connectivity index (χ0v) is 11.1. The fourth-order valence-electron chi connectivity index (χ4n) is 2.34. The summed E-state index contributed by atoms with van der Waals surface area (Å²) in [6.07, 6.45) is 1.77. The minimum Gasteiger partial charge on any atom is -0.382 e. The van der Waals surface area contributed by atoms with Gasteiger partial charge in [-0.05, 0) is 45.2 Å². The van der Waals surface area contributed by atoms with Crippen molar-refractivity contribution in [2.75, 3.05) is 38.3 Å². The fourth-order valence-corrected chi connectivity index (χ4v) is 4.26. The van der Waals surface area contributed by atoms with E-state index in [-0.39, 0.29) is 0 Å². The van der Waals surface area contributed by atoms with Crippen molar-refractivity contribution >= 4 is 9.84 Å². The van der Waals surface area contributed by atoms with E-state index in [1.807, 2.05) is 14.0 Å². The second-order valence-corrected chi connectivity index (χ2v) is 6.70. The Labute approximate surface area is 98.7 Å². The highest BCUT2D eigenvalue weighted by molar-refractivity contribution is 7.91. The average Bonchev–Trinajstić information content (AvgIpc) is 2.58. The standard InChI is InChI=1S/C11H23NO3S/c1-3-15-6-4-10(8-12-2)11-5-7-16(13,14)9-11/h10-12H,3-9H2,1-2H3. The average molecular weight is 249 g/mol. The molecule has 0 aromatic rings. The lowest BCUT2D eigenvalue weighted by Gasteiger charge is -2.22. The van der Waals surface area contributed by atoms with Crippen LogP contribution in [0.5, 0.6) is 0 Å². The maximum absolute atomic E-state index is 11.4. The van der Waals surface area contributed by atoms with Gasteiger partial charge in [-0.2, -0.15) is 0 Å². The summed E-state index contributed by atoms with van der Waals surface area (Å²) in [7, 11) is -0.844. The molecule has 1 N–H and O–H groups in total. The Hall–Kier alpha value is -0.130. The number of hydrogen-bond donors (Lipinski definition) is 1. The highest BCUT2D eigenvalue weighted by Gasteiger charge is 2.32. The van der Waals surface area contributed by atoms with Crippen LogP contribution >= 0.6 is 0 Å². The summed E-state index contributed by atoms with van der Waals surface area (Å²) in [5.41, 5.74) is 0. The third-order valence-corrected chi connectivity index (χ3v) is 5.03. The van der Waals surface area contributed by atoms with Crippen LogP contribution in [0.1, 0.15) is 19.8 Å². The van der Waals surface area contributed by atoms with Gasteiger partial charge in [0.2, 0.25) is 0 Å². The summed E-state index contributed by atoms with van der Waals surface area (Å²) in [5, 5.41) is 3.15. The molecule has 0 aliphatic carbocycles. The van der Waals surface area contributed by atoms with Crippen molar-refractivity contribution < 1.29 is 13.2 Å². The van der Waals surface area contributed by atoms with Crippen LogP contribution in [-0.2, 0) is 14.6 Å². The van der Waals surface area contributed by atoms with E-state index in [0.717, 1.165) is 32.6 Å². The summed E-state index contributed by atoms with van der Waals surface area (Å²) in [5.74, 6) is 1.48. The number of ether oxygens (including phenoxy) is 1. The van der Waals surface area contributed by atoms with Gasteiger partial charge in [-0.25, -0.2) is 8.42 Å². The lowest BCUT2D eigenvalue weighted by Crippen LogP contribution is -2.28. The van der Waals surface area contributed by atoms with E-state index < -0.39 is 9.84 Å². The van der Waals surface area contributed by atoms with Crippen LogP contribution in [0.3, 0.4) is 0 Å². The Kier molecular flexibility index (Phi) is 5.72. The molecule has 2 unspecified atom stereocenters. The van der Waals surface area contributed by atoms with Gasteiger partial charge in [0.05, 0.1) is 11.5 Å². The van der Waals surface area contributed by atoms with E-state index in [9.17, 15) is 8.42 Å². The molecule has 1 heterocycles. The first kappa shape index (κ1) is 13.9. The molecule has 16 heavy (non-hydrogen) atoms. The molecule has 0 spiro atoms. The first-order chi connectivity index (χ1) is 7.59. The van der Waals surface area contributed by atoms with Crippen LogP contribution in [-0.4, -0.2) is 46.7 Å². The van der Waals surface area contributed by atoms with E-state index in [0.29, 0.717) is 23.3 Å². The zero-order chi connectivity index (χ0) is 12.0. The van der Waals surface area contributed by atoms with Gasteiger partial charge in [-0.15, -0.1) is 0 Å². The van der Waals surface area contributed by atoms with E-state index in [1.54, 1.807) is 0 Å². The predicted molar refractivity (Wildman–Crippen MR) is 65.3 cm³/mol. The van der Waals surface area contributed by atoms with Crippen LogP contribution in [0, 0.1) is 11.8 Å². The number of rotatable bonds is 7. The third-order valence-electron chi connectivity index (χ3n) is 3.24. The lowest BCUT2D eigenvalue weighted by molar-refractivity contribution is 0.123. The molecule has 0 radical (unpaired) electrons. The quantitative estimate of drug-likeness (QED) is 0.674. The predicted octanol–water partition coefficient (Wildman–Crippen LogP) is 0.683. The Morgan fingerprint density at radius 3 is 2.75 bits per heavy atom. The van der Waals surface area contributed by atoms with Crippen molar-refractivity contribution in [2.45, 2.75) is 19.8 Å². The highest BCUT2D eigenvalue weighted by Crippen LogP contribution is 2.27. The smallest absolute Gasteiger partial charge is 0.150 e. The number of sulfone groups is 1. The molecule has 0 aromatic heterocycles. The SMILES string of the molecule is CCOCCC(CNC)C1CCS(=O)(=O)C1. The van der Waals surface area contributed by atoms with E-state index in [1.165, 1.54) is 0 Å². The molecule has 1 rings (SSSR count). The molecule has 96 valence electrons. The van der Waals surface area contributed by atoms with Crippen LogP contribution in [0.15, 0.2) is 0 Å². The Balaban J connectivity index is 2.43. The largest absolute Gasteiger partial charge is 0.382 e. The third kappa shape index (κ3) is 4.39. The molecule has 1 fully saturated rings. The highest BCUT2D eigenvalue weighted by atomic mass is 32.2. The van der Waals surface area contributed by atoms with Crippen LogP contribution < -0.4 is 5.32 Å². The van der Waals surface area contributed by atoms with Gasteiger partial charge in [-0.1, -0.05) is 0 Å². The van der Waals surface area contributed by atoms with Crippen molar-refractivity contribution in [1.29, 1.82) is 0 Å². The molecule has 0 aromatic carbocycles. The fraction of sp³-hybridized carbons (Fsp3) is 1.00. The molecule has 1 saturated heterocycles. The number of nitrogens with one attached hydrogen (secondary N) is 1. The van der Waals surface area contributed by atoms with Gasteiger partial charge < -0.3 is 10.1 Å². The van der Waals surface area contributed by atoms with Crippen LogP contribution in [0.2, 0.25) is 0 Å². The summed E-state index contributed by atoms with van der Waals surface area (Å²) in [4.78, 5) is 0. The van der Waals surface area contributed by atoms with Gasteiger partial charge in [0.25, 0.3) is 0 Å². The summed E-state index contributed by atoms with van der Waals surface area (Å²) in [6, 6.07) is 0. The van der Waals surface area contributed by atoms with Crippen molar-refractivity contribution in [1.82, 2.24) is 5.32 Å². The second kappa shape index (κ2) is 6.57. The van der Waals surface area contributed by atoms with Crippen molar-refractivity contribution in [2.24, 2.45) is 11.8 Å². The molecule has 0 saturated carbocycles. The first-order valence-corrected chi connectivity index (χ1v) is 7.84. The topological polar surface area (TPSA) is 55.4 Å². The maximum atomic E-state index is 11.4. The van der Waals surface area contributed by atoms with Gasteiger partial charge >= 0.3 is 0 Å². The Morgan fingerprint density at radius 2 is 2.25 bits per heavy atom. The molecule has 0 amide bonds. The van der Waals surface area contributed by atoms with E-state index >= 15 is 0 Å². The Bertz CT molecular complexity index is 290. The maximum Gasteiger partial charge on any atom is 0.150 e. The minimum absolute atomic E-state index is 0.318. The van der Waals surface area contributed by atoms with Crippen LogP contribution in [0.4, 0.5) is 0 Å². The monoisotopic (exact) mass is 249 g/mol. The Morgan fingerprint density at radius 1 is 1.50 bits per heavy atom. The van der Waals surface area contributed by atoms with E-state index in [4.69, 9.17) is 4.74 Å². The van der Waals surface area contributed by atoms with Gasteiger partial charge in [0.1, 0.15) is 0 Å². The second-order valence-electron chi connectivity index (χ2n) is 4.47. The summed E-state index contributed by atoms with van der Waals surface area (Å²) < 4.78 is 28.2. The van der Waals surface area contributed by atoms with Crippen molar-refractivity contribution in [3.63, 3.8) is 0 Å². The van der Waals surface area contributed by atoms with Gasteiger partial charge in [0, 0.05) is 13.2 Å².